The Morgan fingerprint density at radius 3 is 2.46 bits per heavy atom. The molecule has 4 rings (SSSR count). The first-order valence-electron chi connectivity index (χ1n) is 10.3. The molecule has 0 atom stereocenters. The van der Waals surface area contributed by atoms with E-state index in [9.17, 15) is 4.79 Å². The standard InChI is InChI=1S/C23H30N2O/c26-23(24-15-5-1-2-6-16-24)14-17-25(21-12-13-21)18-20-10-7-9-19-8-3-4-11-22(19)20/h3-4,7-11,21H,1-2,5-6,12-18H2. The molecular formula is C23H30N2O. The summed E-state index contributed by atoms with van der Waals surface area (Å²) in [6.45, 7) is 3.78. The molecule has 0 unspecified atom stereocenters. The van der Waals surface area contributed by atoms with Crippen molar-refractivity contribution >= 4 is 16.7 Å². The van der Waals surface area contributed by atoms with Crippen molar-refractivity contribution in [1.29, 1.82) is 0 Å². The van der Waals surface area contributed by atoms with Crippen LogP contribution in [0.15, 0.2) is 42.5 Å². The van der Waals surface area contributed by atoms with E-state index in [2.05, 4.69) is 52.3 Å². The van der Waals surface area contributed by atoms with Gasteiger partial charge in [-0.2, -0.15) is 0 Å². The lowest BCUT2D eigenvalue weighted by Crippen LogP contribution is -2.35. The Morgan fingerprint density at radius 1 is 0.962 bits per heavy atom. The molecule has 1 heterocycles. The van der Waals surface area contributed by atoms with Gasteiger partial charge in [0.25, 0.3) is 0 Å². The summed E-state index contributed by atoms with van der Waals surface area (Å²) in [5.41, 5.74) is 1.39. The van der Waals surface area contributed by atoms with Crippen LogP contribution in [-0.4, -0.2) is 41.4 Å². The fraction of sp³-hybridized carbons (Fsp3) is 0.522. The Morgan fingerprint density at radius 2 is 1.69 bits per heavy atom. The summed E-state index contributed by atoms with van der Waals surface area (Å²) in [7, 11) is 0. The van der Waals surface area contributed by atoms with Gasteiger partial charge in [-0.15, -0.1) is 0 Å². The number of benzene rings is 2. The van der Waals surface area contributed by atoms with Crippen LogP contribution < -0.4 is 0 Å². The zero-order chi connectivity index (χ0) is 17.8. The first-order chi connectivity index (χ1) is 12.8. The molecule has 1 aliphatic heterocycles. The predicted octanol–water partition coefficient (Wildman–Crippen LogP) is 4.60. The molecule has 3 heteroatoms. The number of hydrogen-bond acceptors (Lipinski definition) is 2. The first-order valence-corrected chi connectivity index (χ1v) is 10.3. The van der Waals surface area contributed by atoms with Gasteiger partial charge in [0.1, 0.15) is 0 Å². The molecule has 26 heavy (non-hydrogen) atoms. The molecule has 2 aromatic carbocycles. The molecule has 0 N–H and O–H groups in total. The van der Waals surface area contributed by atoms with Gasteiger partial charge in [-0.3, -0.25) is 9.69 Å². The van der Waals surface area contributed by atoms with Crippen molar-refractivity contribution in [1.82, 2.24) is 9.80 Å². The van der Waals surface area contributed by atoms with E-state index in [1.54, 1.807) is 0 Å². The second kappa shape index (κ2) is 8.22. The lowest BCUT2D eigenvalue weighted by atomic mass is 10.0. The number of carbonyl (C=O) groups excluding carboxylic acids is 1. The largest absolute Gasteiger partial charge is 0.343 e. The van der Waals surface area contributed by atoms with Gasteiger partial charge >= 0.3 is 0 Å². The summed E-state index contributed by atoms with van der Waals surface area (Å²) in [4.78, 5) is 17.3. The van der Waals surface area contributed by atoms with Gasteiger partial charge in [-0.1, -0.05) is 55.3 Å². The van der Waals surface area contributed by atoms with E-state index in [1.807, 2.05) is 0 Å². The fourth-order valence-electron chi connectivity index (χ4n) is 4.20. The van der Waals surface area contributed by atoms with Gasteiger partial charge in [-0.05, 0) is 42.0 Å². The third kappa shape index (κ3) is 4.27. The maximum atomic E-state index is 12.7. The van der Waals surface area contributed by atoms with Gasteiger partial charge < -0.3 is 4.90 Å². The highest BCUT2D eigenvalue weighted by Crippen LogP contribution is 2.30. The van der Waals surface area contributed by atoms with E-state index in [4.69, 9.17) is 0 Å². The van der Waals surface area contributed by atoms with Crippen LogP contribution in [0.4, 0.5) is 0 Å². The molecule has 0 spiro atoms. The molecule has 138 valence electrons. The molecule has 3 nitrogen and oxygen atoms in total. The lowest BCUT2D eigenvalue weighted by molar-refractivity contribution is -0.131. The summed E-state index contributed by atoms with van der Waals surface area (Å²) in [6, 6.07) is 15.9. The zero-order valence-corrected chi connectivity index (χ0v) is 15.7. The summed E-state index contributed by atoms with van der Waals surface area (Å²) >= 11 is 0. The number of nitrogens with zero attached hydrogens (tertiary/aromatic N) is 2. The molecule has 1 aliphatic carbocycles. The molecule has 2 aromatic rings. The highest BCUT2D eigenvalue weighted by molar-refractivity contribution is 5.85. The quantitative estimate of drug-likeness (QED) is 0.760. The number of fused-ring (bicyclic) bond motifs is 1. The molecule has 0 bridgehead atoms. The van der Waals surface area contributed by atoms with E-state index in [0.717, 1.165) is 26.2 Å². The fourth-order valence-corrected chi connectivity index (χ4v) is 4.20. The topological polar surface area (TPSA) is 23.6 Å². The van der Waals surface area contributed by atoms with Crippen molar-refractivity contribution < 1.29 is 4.79 Å². The first kappa shape index (κ1) is 17.5. The van der Waals surface area contributed by atoms with E-state index >= 15 is 0 Å². The molecule has 1 saturated heterocycles. The lowest BCUT2D eigenvalue weighted by Gasteiger charge is -2.25. The SMILES string of the molecule is O=C(CCN(Cc1cccc2ccccc12)C1CC1)N1CCCCCC1. The number of rotatable bonds is 6. The summed E-state index contributed by atoms with van der Waals surface area (Å²) < 4.78 is 0. The number of hydrogen-bond donors (Lipinski definition) is 0. The van der Waals surface area contributed by atoms with Gasteiger partial charge in [0.15, 0.2) is 0 Å². The minimum atomic E-state index is 0.357. The Labute approximate surface area is 157 Å². The second-order valence-corrected chi connectivity index (χ2v) is 7.88. The average molecular weight is 351 g/mol. The van der Waals surface area contributed by atoms with E-state index < -0.39 is 0 Å². The summed E-state index contributed by atoms with van der Waals surface area (Å²) in [5, 5.41) is 2.65. The van der Waals surface area contributed by atoms with Gasteiger partial charge in [0, 0.05) is 38.6 Å². The van der Waals surface area contributed by atoms with Crippen LogP contribution in [0.5, 0.6) is 0 Å². The molecule has 2 fully saturated rings. The minimum Gasteiger partial charge on any atom is -0.343 e. The normalized spacial score (nSPS) is 18.3. The Balaban J connectivity index is 1.41. The van der Waals surface area contributed by atoms with Crippen molar-refractivity contribution in [3.8, 4) is 0 Å². The van der Waals surface area contributed by atoms with Crippen LogP contribution in [0.2, 0.25) is 0 Å². The Hall–Kier alpha value is -1.87. The maximum absolute atomic E-state index is 12.7. The third-order valence-corrected chi connectivity index (χ3v) is 5.89. The minimum absolute atomic E-state index is 0.357. The van der Waals surface area contributed by atoms with Crippen LogP contribution in [0.25, 0.3) is 10.8 Å². The van der Waals surface area contributed by atoms with Crippen LogP contribution >= 0.6 is 0 Å². The molecule has 2 aliphatic rings. The van der Waals surface area contributed by atoms with E-state index in [1.165, 1.54) is 54.9 Å². The maximum Gasteiger partial charge on any atom is 0.223 e. The van der Waals surface area contributed by atoms with Crippen LogP contribution in [-0.2, 0) is 11.3 Å². The van der Waals surface area contributed by atoms with Crippen molar-refractivity contribution in [2.24, 2.45) is 0 Å². The van der Waals surface area contributed by atoms with Gasteiger partial charge in [0.2, 0.25) is 5.91 Å². The highest BCUT2D eigenvalue weighted by atomic mass is 16.2. The van der Waals surface area contributed by atoms with Crippen molar-refractivity contribution in [2.75, 3.05) is 19.6 Å². The van der Waals surface area contributed by atoms with Gasteiger partial charge in [0.05, 0.1) is 0 Å². The highest BCUT2D eigenvalue weighted by Gasteiger charge is 2.29. The van der Waals surface area contributed by atoms with E-state index in [0.29, 0.717) is 18.4 Å². The van der Waals surface area contributed by atoms with Gasteiger partial charge in [-0.25, -0.2) is 0 Å². The monoisotopic (exact) mass is 350 g/mol. The Bertz CT molecular complexity index is 739. The predicted molar refractivity (Wildman–Crippen MR) is 107 cm³/mol. The van der Waals surface area contributed by atoms with Crippen LogP contribution in [0, 0.1) is 0 Å². The third-order valence-electron chi connectivity index (χ3n) is 5.89. The average Bonchev–Trinajstić information content (AvgIpc) is 3.52. The van der Waals surface area contributed by atoms with Crippen molar-refractivity contribution in [2.45, 2.75) is 57.5 Å². The molecule has 1 amide bonds. The number of carbonyl (C=O) groups is 1. The molecule has 0 aromatic heterocycles. The number of likely N-dealkylation sites (tertiary alicyclic amines) is 1. The zero-order valence-electron chi connectivity index (χ0n) is 15.7. The summed E-state index contributed by atoms with van der Waals surface area (Å²) in [5.74, 6) is 0.357. The van der Waals surface area contributed by atoms with Crippen LogP contribution in [0.1, 0.15) is 50.5 Å². The van der Waals surface area contributed by atoms with Crippen molar-refractivity contribution in [3.63, 3.8) is 0 Å². The second-order valence-electron chi connectivity index (χ2n) is 7.88. The Kier molecular flexibility index (Phi) is 5.54. The number of amides is 1. The van der Waals surface area contributed by atoms with Crippen LogP contribution in [0.3, 0.4) is 0 Å². The molecular weight excluding hydrogens is 320 g/mol. The summed E-state index contributed by atoms with van der Waals surface area (Å²) in [6.07, 6.45) is 8.13. The smallest absolute Gasteiger partial charge is 0.223 e. The molecule has 0 radical (unpaired) electrons. The van der Waals surface area contributed by atoms with E-state index in [-0.39, 0.29) is 0 Å². The van der Waals surface area contributed by atoms with Crippen molar-refractivity contribution in [3.05, 3.63) is 48.0 Å². The molecule has 1 saturated carbocycles.